The zero-order valence-electron chi connectivity index (χ0n) is 17.5. The number of thioether (sulfide) groups is 1. The molecule has 0 spiro atoms. The zero-order valence-corrected chi connectivity index (χ0v) is 19.1. The fraction of sp³-hybridized carbons (Fsp3) is 0.636. The van der Waals surface area contributed by atoms with Crippen molar-refractivity contribution in [1.82, 2.24) is 9.80 Å². The van der Waals surface area contributed by atoms with Gasteiger partial charge >= 0.3 is 6.09 Å². The van der Waals surface area contributed by atoms with E-state index in [2.05, 4.69) is 6.07 Å². The Labute approximate surface area is 183 Å². The van der Waals surface area contributed by atoms with Crippen LogP contribution in [-0.2, 0) is 9.53 Å². The molecule has 2 saturated heterocycles. The van der Waals surface area contributed by atoms with E-state index in [9.17, 15) is 9.59 Å². The van der Waals surface area contributed by atoms with Gasteiger partial charge in [-0.15, -0.1) is 0 Å². The van der Waals surface area contributed by atoms with Crippen LogP contribution in [0.2, 0.25) is 5.02 Å². The predicted octanol–water partition coefficient (Wildman–Crippen LogP) is 4.99. The summed E-state index contributed by atoms with van der Waals surface area (Å²) in [5, 5.41) is 1.11. The van der Waals surface area contributed by atoms with Gasteiger partial charge in [-0.1, -0.05) is 29.8 Å². The lowest BCUT2D eigenvalue weighted by Crippen LogP contribution is -2.48. The molecule has 1 aromatic rings. The number of hydrogen-bond donors (Lipinski definition) is 0. The molecule has 160 valence electrons. The highest BCUT2D eigenvalue weighted by molar-refractivity contribution is 7.99. The lowest BCUT2D eigenvalue weighted by Gasteiger charge is -2.35. The van der Waals surface area contributed by atoms with Crippen LogP contribution in [-0.4, -0.2) is 59.3 Å². The summed E-state index contributed by atoms with van der Waals surface area (Å²) in [4.78, 5) is 29.3. The summed E-state index contributed by atoms with van der Waals surface area (Å²) in [5.41, 5.74) is 0.631. The van der Waals surface area contributed by atoms with E-state index in [1.54, 1.807) is 4.90 Å². The number of rotatable bonds is 2. The Balaban J connectivity index is 1.58. The minimum absolute atomic E-state index is 0.141. The molecule has 0 radical (unpaired) electrons. The lowest BCUT2D eigenvalue weighted by molar-refractivity contribution is -0.136. The maximum atomic E-state index is 13.2. The van der Waals surface area contributed by atoms with Crippen molar-refractivity contribution in [1.29, 1.82) is 0 Å². The van der Waals surface area contributed by atoms with Gasteiger partial charge in [-0.05, 0) is 51.7 Å². The van der Waals surface area contributed by atoms with Crippen molar-refractivity contribution in [2.45, 2.75) is 50.9 Å². The third kappa shape index (κ3) is 6.05. The fourth-order valence-corrected chi connectivity index (χ4v) is 5.50. The summed E-state index contributed by atoms with van der Waals surface area (Å²) < 4.78 is 5.49. The average molecular weight is 439 g/mol. The van der Waals surface area contributed by atoms with Gasteiger partial charge in [0.2, 0.25) is 5.91 Å². The van der Waals surface area contributed by atoms with Crippen LogP contribution in [0.15, 0.2) is 24.3 Å². The second kappa shape index (κ2) is 9.61. The number of carbonyl (C=O) groups excluding carboxylic acids is 2. The average Bonchev–Trinajstić information content (AvgIpc) is 2.93. The van der Waals surface area contributed by atoms with Crippen molar-refractivity contribution in [2.75, 3.05) is 31.9 Å². The van der Waals surface area contributed by atoms with Gasteiger partial charge in [-0.25, -0.2) is 4.79 Å². The van der Waals surface area contributed by atoms with Crippen molar-refractivity contribution >= 4 is 35.4 Å². The molecule has 3 rings (SSSR count). The van der Waals surface area contributed by atoms with E-state index >= 15 is 0 Å². The van der Waals surface area contributed by atoms with E-state index in [1.807, 2.05) is 55.6 Å². The molecule has 2 amide bonds. The van der Waals surface area contributed by atoms with Gasteiger partial charge in [0.05, 0.1) is 5.92 Å². The highest BCUT2D eigenvalue weighted by Gasteiger charge is 2.34. The molecule has 0 aliphatic carbocycles. The van der Waals surface area contributed by atoms with E-state index in [0.29, 0.717) is 18.3 Å². The number of ether oxygens (including phenoxy) is 1. The summed E-state index contributed by atoms with van der Waals surface area (Å²) in [5.74, 6) is 0.918. The quantitative estimate of drug-likeness (QED) is 0.652. The number of piperidine rings is 1. The monoisotopic (exact) mass is 438 g/mol. The molecule has 5 nitrogen and oxygen atoms in total. The maximum absolute atomic E-state index is 13.2. The summed E-state index contributed by atoms with van der Waals surface area (Å²) in [6.07, 6.45) is 2.24. The van der Waals surface area contributed by atoms with Crippen LogP contribution in [0, 0.1) is 5.92 Å². The molecule has 7 heteroatoms. The summed E-state index contributed by atoms with van der Waals surface area (Å²) >= 11 is 8.25. The first-order chi connectivity index (χ1) is 13.7. The molecule has 2 aliphatic rings. The molecule has 2 fully saturated rings. The lowest BCUT2D eigenvalue weighted by atomic mass is 9.96. The van der Waals surface area contributed by atoms with Crippen molar-refractivity contribution in [3.05, 3.63) is 34.9 Å². The first kappa shape index (κ1) is 22.3. The van der Waals surface area contributed by atoms with Gasteiger partial charge in [0.1, 0.15) is 5.60 Å². The van der Waals surface area contributed by atoms with E-state index in [1.165, 1.54) is 0 Å². The second-order valence-corrected chi connectivity index (χ2v) is 10.5. The number of amides is 2. The number of halogens is 1. The van der Waals surface area contributed by atoms with Crippen molar-refractivity contribution < 1.29 is 14.3 Å². The predicted molar refractivity (Wildman–Crippen MR) is 118 cm³/mol. The number of nitrogens with zero attached hydrogens (tertiary/aromatic N) is 2. The van der Waals surface area contributed by atoms with Gasteiger partial charge in [-0.3, -0.25) is 4.79 Å². The van der Waals surface area contributed by atoms with E-state index < -0.39 is 5.60 Å². The highest BCUT2D eigenvalue weighted by Crippen LogP contribution is 2.38. The Kier molecular flexibility index (Phi) is 7.38. The number of hydrogen-bond acceptors (Lipinski definition) is 4. The Bertz CT molecular complexity index is 737. The maximum Gasteiger partial charge on any atom is 0.410 e. The van der Waals surface area contributed by atoms with Crippen LogP contribution in [0.1, 0.15) is 50.8 Å². The van der Waals surface area contributed by atoms with Gasteiger partial charge in [0.15, 0.2) is 0 Å². The largest absolute Gasteiger partial charge is 0.444 e. The third-order valence-corrected chi connectivity index (χ3v) is 6.98. The Morgan fingerprint density at radius 1 is 1.10 bits per heavy atom. The number of benzene rings is 1. The van der Waals surface area contributed by atoms with E-state index in [-0.39, 0.29) is 17.9 Å². The van der Waals surface area contributed by atoms with Gasteiger partial charge in [0.25, 0.3) is 0 Å². The third-order valence-electron chi connectivity index (χ3n) is 5.33. The van der Waals surface area contributed by atoms with Crippen LogP contribution >= 0.6 is 23.4 Å². The first-order valence-electron chi connectivity index (χ1n) is 10.4. The van der Waals surface area contributed by atoms with Gasteiger partial charge in [-0.2, -0.15) is 11.8 Å². The number of carbonyl (C=O) groups is 2. The fourth-order valence-electron chi connectivity index (χ4n) is 3.90. The van der Waals surface area contributed by atoms with Crippen LogP contribution in [0.5, 0.6) is 0 Å². The molecule has 2 heterocycles. The molecule has 0 saturated carbocycles. The molecule has 2 atom stereocenters. The van der Waals surface area contributed by atoms with Crippen molar-refractivity contribution in [3.63, 3.8) is 0 Å². The number of likely N-dealkylation sites (tertiary alicyclic amines) is 1. The minimum Gasteiger partial charge on any atom is -0.444 e. The van der Waals surface area contributed by atoms with Gasteiger partial charge in [0, 0.05) is 42.2 Å². The van der Waals surface area contributed by atoms with Crippen LogP contribution in [0.4, 0.5) is 4.79 Å². The molecule has 2 aliphatic heterocycles. The van der Waals surface area contributed by atoms with Gasteiger partial charge < -0.3 is 14.5 Å². The Hall–Kier alpha value is -1.40. The zero-order chi connectivity index (χ0) is 21.0. The molecule has 0 N–H and O–H groups in total. The van der Waals surface area contributed by atoms with Crippen LogP contribution in [0.3, 0.4) is 0 Å². The normalized spacial score (nSPS) is 23.4. The first-order valence-corrected chi connectivity index (χ1v) is 11.8. The van der Waals surface area contributed by atoms with E-state index in [4.69, 9.17) is 16.3 Å². The minimum atomic E-state index is -0.524. The molecule has 0 aromatic heterocycles. The second-order valence-electron chi connectivity index (χ2n) is 8.76. The van der Waals surface area contributed by atoms with Crippen molar-refractivity contribution in [3.8, 4) is 0 Å². The molecule has 29 heavy (non-hydrogen) atoms. The molecule has 1 aromatic carbocycles. The topological polar surface area (TPSA) is 49.9 Å². The summed E-state index contributed by atoms with van der Waals surface area (Å²) in [6.45, 7) is 8.16. The Morgan fingerprint density at radius 2 is 1.86 bits per heavy atom. The SMILES string of the molecule is CC(C)(C)OC(=O)N1CCCC(C(=O)N2CCSC(c3ccccc3Cl)CC2)C1. The van der Waals surface area contributed by atoms with Crippen LogP contribution in [0.25, 0.3) is 0 Å². The van der Waals surface area contributed by atoms with Crippen LogP contribution < -0.4 is 0 Å². The van der Waals surface area contributed by atoms with Crippen molar-refractivity contribution in [2.24, 2.45) is 5.92 Å². The molecule has 0 bridgehead atoms. The summed E-state index contributed by atoms with van der Waals surface area (Å²) in [6, 6.07) is 7.97. The Morgan fingerprint density at radius 3 is 2.59 bits per heavy atom. The summed E-state index contributed by atoms with van der Waals surface area (Å²) in [7, 11) is 0. The molecule has 2 unspecified atom stereocenters. The standard InChI is InChI=1S/C22H31ClN2O3S/c1-22(2,3)28-21(27)25-11-6-7-16(15-25)20(26)24-12-10-19(29-14-13-24)17-8-4-5-9-18(17)23/h4-5,8-9,16,19H,6-7,10-15H2,1-3H3. The molecular weight excluding hydrogens is 408 g/mol. The van der Waals surface area contributed by atoms with E-state index in [0.717, 1.165) is 48.7 Å². The highest BCUT2D eigenvalue weighted by atomic mass is 35.5. The smallest absolute Gasteiger partial charge is 0.410 e. The molecular formula is C22H31ClN2O3S.